The van der Waals surface area contributed by atoms with Gasteiger partial charge in [-0.25, -0.2) is 9.78 Å². The minimum Gasteiger partial charge on any atom is -0.457 e. The SMILES string of the molecule is N#CC(=CC1(c2ccccc2)CC1)C(=O)N1CCCC(n2c(=O)n(-c3ccc(Oc4ccccc4)cc3)c3c(N)nccc32)C1. The van der Waals surface area contributed by atoms with E-state index in [0.29, 0.717) is 54.2 Å². The molecule has 1 aliphatic heterocycles. The van der Waals surface area contributed by atoms with Crippen LogP contribution in [0, 0.1) is 11.3 Å². The number of nitrogen functional groups attached to an aromatic ring is 1. The van der Waals surface area contributed by atoms with Crippen LogP contribution in [0.15, 0.2) is 114 Å². The van der Waals surface area contributed by atoms with Gasteiger partial charge in [-0.15, -0.1) is 0 Å². The summed E-state index contributed by atoms with van der Waals surface area (Å²) in [6.07, 6.45) is 6.65. The predicted molar refractivity (Wildman–Crippen MR) is 172 cm³/mol. The fourth-order valence-corrected chi connectivity index (χ4v) is 6.43. The van der Waals surface area contributed by atoms with Gasteiger partial charge in [-0.05, 0) is 73.7 Å². The zero-order valence-electron chi connectivity index (χ0n) is 24.7. The highest BCUT2D eigenvalue weighted by Gasteiger charge is 2.43. The Morgan fingerprint density at radius 1 is 0.978 bits per heavy atom. The van der Waals surface area contributed by atoms with Crippen molar-refractivity contribution in [1.29, 1.82) is 5.26 Å². The van der Waals surface area contributed by atoms with Crippen molar-refractivity contribution in [2.75, 3.05) is 18.8 Å². The number of ether oxygens (including phenoxy) is 1. The second-order valence-corrected chi connectivity index (χ2v) is 11.7. The van der Waals surface area contributed by atoms with E-state index >= 15 is 0 Å². The van der Waals surface area contributed by atoms with E-state index in [1.807, 2.05) is 91.0 Å². The molecular formula is C36H32N6O3. The Balaban J connectivity index is 1.19. The van der Waals surface area contributed by atoms with Gasteiger partial charge < -0.3 is 15.4 Å². The normalized spacial score (nSPS) is 17.5. The molecule has 1 saturated heterocycles. The lowest BCUT2D eigenvalue weighted by Gasteiger charge is -2.33. The molecule has 224 valence electrons. The third-order valence-corrected chi connectivity index (χ3v) is 8.84. The number of anilines is 1. The number of nitrogens with zero attached hydrogens (tertiary/aromatic N) is 5. The molecule has 2 N–H and O–H groups in total. The number of hydrogen-bond acceptors (Lipinski definition) is 6. The van der Waals surface area contributed by atoms with E-state index in [1.54, 1.807) is 26.3 Å². The van der Waals surface area contributed by atoms with Crippen LogP contribution in [0.1, 0.15) is 37.3 Å². The van der Waals surface area contributed by atoms with Crippen molar-refractivity contribution in [3.05, 3.63) is 125 Å². The summed E-state index contributed by atoms with van der Waals surface area (Å²) in [7, 11) is 0. The highest BCUT2D eigenvalue weighted by atomic mass is 16.5. The molecule has 1 atom stereocenters. The number of carbonyl (C=O) groups excluding carboxylic acids is 1. The summed E-state index contributed by atoms with van der Waals surface area (Å²) in [6.45, 7) is 0.827. The largest absolute Gasteiger partial charge is 0.457 e. The van der Waals surface area contributed by atoms with Crippen molar-refractivity contribution < 1.29 is 9.53 Å². The first-order valence-electron chi connectivity index (χ1n) is 15.2. The first-order chi connectivity index (χ1) is 22.0. The summed E-state index contributed by atoms with van der Waals surface area (Å²) in [5.41, 5.74) is 8.88. The van der Waals surface area contributed by atoms with Crippen LogP contribution in [0.4, 0.5) is 5.82 Å². The number of amides is 1. The molecule has 9 nitrogen and oxygen atoms in total. The molecule has 0 radical (unpaired) electrons. The summed E-state index contributed by atoms with van der Waals surface area (Å²) in [6, 6.07) is 30.4. The molecule has 5 aromatic rings. The van der Waals surface area contributed by atoms with Crippen LogP contribution in [0.2, 0.25) is 0 Å². The molecule has 9 heteroatoms. The number of nitrogens with two attached hydrogens (primary N) is 1. The Labute approximate surface area is 260 Å². The number of piperidine rings is 1. The molecule has 0 spiro atoms. The molecular weight excluding hydrogens is 564 g/mol. The van der Waals surface area contributed by atoms with E-state index in [-0.39, 0.29) is 34.4 Å². The highest BCUT2D eigenvalue weighted by molar-refractivity contribution is 5.97. The van der Waals surface area contributed by atoms with E-state index in [0.717, 1.165) is 18.4 Å². The lowest BCUT2D eigenvalue weighted by Crippen LogP contribution is -2.43. The van der Waals surface area contributed by atoms with Gasteiger partial charge in [0, 0.05) is 24.7 Å². The number of para-hydroxylation sites is 1. The zero-order valence-corrected chi connectivity index (χ0v) is 24.7. The first kappa shape index (κ1) is 28.2. The standard InChI is InChI=1S/C36H32N6O3/c37-23-25(22-36(18-19-36)26-8-3-1-4-9-26)34(43)40-21-7-10-28(24-40)41-31-17-20-39-33(38)32(31)42(35(41)44)27-13-15-30(16-14-27)45-29-11-5-2-6-12-29/h1-6,8-9,11-17,20,22,28H,7,10,18-19,21,24H2,(H2,38,39). The van der Waals surface area contributed by atoms with E-state index in [4.69, 9.17) is 10.5 Å². The maximum Gasteiger partial charge on any atom is 0.334 e. The van der Waals surface area contributed by atoms with Crippen LogP contribution in [-0.4, -0.2) is 38.0 Å². The minimum atomic E-state index is -0.301. The van der Waals surface area contributed by atoms with Crippen molar-refractivity contribution in [2.45, 2.75) is 37.1 Å². The number of rotatable bonds is 7. The quantitative estimate of drug-likeness (QED) is 0.184. The Morgan fingerprint density at radius 2 is 1.67 bits per heavy atom. The molecule has 7 rings (SSSR count). The van der Waals surface area contributed by atoms with Crippen LogP contribution >= 0.6 is 0 Å². The average molecular weight is 597 g/mol. The molecule has 1 unspecified atom stereocenters. The van der Waals surface area contributed by atoms with Gasteiger partial charge in [0.1, 0.15) is 34.5 Å². The van der Waals surface area contributed by atoms with Gasteiger partial charge in [0.2, 0.25) is 0 Å². The van der Waals surface area contributed by atoms with Gasteiger partial charge in [0.05, 0.1) is 17.2 Å². The summed E-state index contributed by atoms with van der Waals surface area (Å²) >= 11 is 0. The zero-order chi connectivity index (χ0) is 31.0. The van der Waals surface area contributed by atoms with Crippen molar-refractivity contribution in [3.8, 4) is 23.3 Å². The fraction of sp³-hybridized carbons (Fsp3) is 0.222. The lowest BCUT2D eigenvalue weighted by atomic mass is 9.93. The number of likely N-dealkylation sites (tertiary alicyclic amines) is 1. The summed E-state index contributed by atoms with van der Waals surface area (Å²) in [5, 5.41) is 10.0. The summed E-state index contributed by atoms with van der Waals surface area (Å²) < 4.78 is 9.24. The fourth-order valence-electron chi connectivity index (χ4n) is 6.43. The van der Waals surface area contributed by atoms with E-state index in [2.05, 4.69) is 11.1 Å². The van der Waals surface area contributed by atoms with Crippen LogP contribution < -0.4 is 16.2 Å². The minimum absolute atomic E-state index is 0.151. The third kappa shape index (κ3) is 5.25. The maximum absolute atomic E-state index is 14.2. The number of fused-ring (bicyclic) bond motifs is 1. The monoisotopic (exact) mass is 596 g/mol. The summed E-state index contributed by atoms with van der Waals surface area (Å²) in [5.74, 6) is 1.29. The molecule has 3 aromatic carbocycles. The molecule has 3 heterocycles. The highest BCUT2D eigenvalue weighted by Crippen LogP contribution is 2.50. The predicted octanol–water partition coefficient (Wildman–Crippen LogP) is 5.91. The van der Waals surface area contributed by atoms with Crippen LogP contribution in [-0.2, 0) is 10.2 Å². The second-order valence-electron chi connectivity index (χ2n) is 11.7. The molecule has 0 bridgehead atoms. The number of carbonyl (C=O) groups is 1. The number of pyridine rings is 1. The number of allylic oxidation sites excluding steroid dienone is 1. The van der Waals surface area contributed by atoms with Crippen LogP contribution in [0.3, 0.4) is 0 Å². The van der Waals surface area contributed by atoms with Crippen LogP contribution in [0.25, 0.3) is 16.7 Å². The Bertz CT molecular complexity index is 2000. The molecule has 2 fully saturated rings. The lowest BCUT2D eigenvalue weighted by molar-refractivity contribution is -0.128. The van der Waals surface area contributed by atoms with Gasteiger partial charge in [0.15, 0.2) is 0 Å². The van der Waals surface area contributed by atoms with Crippen molar-refractivity contribution in [2.24, 2.45) is 0 Å². The average Bonchev–Trinajstić information content (AvgIpc) is 3.81. The smallest absolute Gasteiger partial charge is 0.334 e. The van der Waals surface area contributed by atoms with Gasteiger partial charge in [-0.1, -0.05) is 54.6 Å². The van der Waals surface area contributed by atoms with Gasteiger partial charge in [-0.3, -0.25) is 13.9 Å². The van der Waals surface area contributed by atoms with Crippen LogP contribution in [0.5, 0.6) is 11.5 Å². The van der Waals surface area contributed by atoms with Gasteiger partial charge in [-0.2, -0.15) is 5.26 Å². The Morgan fingerprint density at radius 3 is 2.36 bits per heavy atom. The molecule has 1 amide bonds. The van der Waals surface area contributed by atoms with Crippen molar-refractivity contribution in [3.63, 3.8) is 0 Å². The number of aromatic nitrogens is 3. The van der Waals surface area contributed by atoms with E-state index in [1.165, 1.54) is 0 Å². The second kappa shape index (κ2) is 11.5. The number of imidazole rings is 1. The Hall–Kier alpha value is -5.62. The number of benzene rings is 3. The van der Waals surface area contributed by atoms with Crippen molar-refractivity contribution in [1.82, 2.24) is 19.0 Å². The van der Waals surface area contributed by atoms with Gasteiger partial charge in [0.25, 0.3) is 5.91 Å². The maximum atomic E-state index is 14.2. The van der Waals surface area contributed by atoms with E-state index in [9.17, 15) is 14.9 Å². The molecule has 45 heavy (non-hydrogen) atoms. The third-order valence-electron chi connectivity index (χ3n) is 8.84. The molecule has 2 aromatic heterocycles. The summed E-state index contributed by atoms with van der Waals surface area (Å²) in [4.78, 5) is 33.9. The molecule has 2 aliphatic rings. The topological polar surface area (TPSA) is 119 Å². The first-order valence-corrected chi connectivity index (χ1v) is 15.2. The molecule has 1 saturated carbocycles. The van der Waals surface area contributed by atoms with Crippen molar-refractivity contribution >= 4 is 22.8 Å². The number of hydrogen-bond donors (Lipinski definition) is 1. The Kier molecular flexibility index (Phi) is 7.18. The molecule has 1 aliphatic carbocycles. The van der Waals surface area contributed by atoms with E-state index < -0.39 is 0 Å². The van der Waals surface area contributed by atoms with Gasteiger partial charge >= 0.3 is 5.69 Å². The number of nitriles is 1.